The summed E-state index contributed by atoms with van der Waals surface area (Å²) in [5, 5.41) is 9.05. The Morgan fingerprint density at radius 1 is 1.40 bits per heavy atom. The van der Waals surface area contributed by atoms with Crippen molar-refractivity contribution in [1.29, 1.82) is 0 Å². The van der Waals surface area contributed by atoms with E-state index >= 15 is 0 Å². The van der Waals surface area contributed by atoms with Crippen molar-refractivity contribution in [3.8, 4) is 0 Å². The lowest BCUT2D eigenvalue weighted by Gasteiger charge is -2.06. The van der Waals surface area contributed by atoms with Crippen LogP contribution in [0, 0.1) is 13.8 Å². The third-order valence-corrected chi connectivity index (χ3v) is 2.99. The summed E-state index contributed by atoms with van der Waals surface area (Å²) in [5.74, 6) is -1.02. The van der Waals surface area contributed by atoms with E-state index in [1.807, 2.05) is 11.5 Å². The highest BCUT2D eigenvalue weighted by Crippen LogP contribution is 2.39. The Balaban J connectivity index is 2.67. The Morgan fingerprint density at radius 2 is 2.00 bits per heavy atom. The fraction of sp³-hybridized carbons (Fsp3) is 0.455. The van der Waals surface area contributed by atoms with Crippen LogP contribution in [0.5, 0.6) is 0 Å². The lowest BCUT2D eigenvalue weighted by atomic mass is 10.1. The normalized spacial score (nSPS) is 15.3. The van der Waals surface area contributed by atoms with Crippen LogP contribution in [0.15, 0.2) is 0 Å². The molecule has 1 aromatic heterocycles. The molecule has 15 heavy (non-hydrogen) atoms. The van der Waals surface area contributed by atoms with Crippen LogP contribution in [0.2, 0.25) is 0 Å². The molecule has 1 aliphatic rings. The van der Waals surface area contributed by atoms with Gasteiger partial charge in [-0.3, -0.25) is 4.79 Å². The van der Waals surface area contributed by atoms with E-state index in [4.69, 9.17) is 5.11 Å². The van der Waals surface area contributed by atoms with Gasteiger partial charge in [0.2, 0.25) is 0 Å². The topological polar surface area (TPSA) is 59.3 Å². The summed E-state index contributed by atoms with van der Waals surface area (Å²) in [6, 6.07) is 0.400. The van der Waals surface area contributed by atoms with Gasteiger partial charge in [-0.2, -0.15) is 0 Å². The van der Waals surface area contributed by atoms with E-state index < -0.39 is 5.97 Å². The number of aromatic nitrogens is 1. The fourth-order valence-electron chi connectivity index (χ4n) is 2.17. The lowest BCUT2D eigenvalue weighted by Crippen LogP contribution is -2.02. The predicted octanol–water partition coefficient (Wildman–Crippen LogP) is 1.95. The van der Waals surface area contributed by atoms with Crippen LogP contribution in [-0.2, 0) is 0 Å². The molecular weight excluding hydrogens is 194 g/mol. The molecule has 1 aromatic rings. The zero-order valence-electron chi connectivity index (χ0n) is 8.78. The summed E-state index contributed by atoms with van der Waals surface area (Å²) in [7, 11) is 0. The molecule has 0 saturated heterocycles. The molecule has 0 atom stereocenters. The first-order valence-electron chi connectivity index (χ1n) is 4.97. The number of carbonyl (C=O) groups is 2. The lowest BCUT2D eigenvalue weighted by molar-refractivity contribution is 0.0693. The van der Waals surface area contributed by atoms with Gasteiger partial charge in [0.05, 0.1) is 5.56 Å². The average Bonchev–Trinajstić information content (AvgIpc) is 2.93. The van der Waals surface area contributed by atoms with Gasteiger partial charge in [-0.25, -0.2) is 4.79 Å². The van der Waals surface area contributed by atoms with Gasteiger partial charge in [-0.1, -0.05) is 0 Å². The minimum absolute atomic E-state index is 0.161. The van der Waals surface area contributed by atoms with Crippen molar-refractivity contribution in [2.75, 3.05) is 0 Å². The average molecular weight is 207 g/mol. The van der Waals surface area contributed by atoms with Gasteiger partial charge >= 0.3 is 5.97 Å². The molecule has 0 unspecified atom stereocenters. The molecule has 80 valence electrons. The molecule has 0 spiro atoms. The smallest absolute Gasteiger partial charge is 0.338 e. The van der Waals surface area contributed by atoms with Crippen molar-refractivity contribution in [3.63, 3.8) is 0 Å². The van der Waals surface area contributed by atoms with Crippen LogP contribution < -0.4 is 0 Å². The quantitative estimate of drug-likeness (QED) is 0.770. The van der Waals surface area contributed by atoms with Gasteiger partial charge < -0.3 is 9.67 Å². The summed E-state index contributed by atoms with van der Waals surface area (Å²) in [6.45, 7) is 3.57. The van der Waals surface area contributed by atoms with E-state index in [0.29, 0.717) is 23.6 Å². The molecule has 2 rings (SSSR count). The minimum atomic E-state index is -1.02. The molecule has 1 heterocycles. The van der Waals surface area contributed by atoms with Crippen LogP contribution in [0.4, 0.5) is 0 Å². The molecule has 0 bridgehead atoms. The summed E-state index contributed by atoms with van der Waals surface area (Å²) in [6.07, 6.45) is 2.80. The van der Waals surface area contributed by atoms with Gasteiger partial charge in [0.1, 0.15) is 0 Å². The van der Waals surface area contributed by atoms with Gasteiger partial charge in [-0.05, 0) is 26.7 Å². The van der Waals surface area contributed by atoms with Gasteiger partial charge in [0.25, 0.3) is 0 Å². The van der Waals surface area contributed by atoms with E-state index in [0.717, 1.165) is 18.5 Å². The van der Waals surface area contributed by atoms with Crippen molar-refractivity contribution in [2.45, 2.75) is 32.7 Å². The molecule has 0 amide bonds. The second-order valence-corrected chi connectivity index (χ2v) is 3.98. The van der Waals surface area contributed by atoms with Crippen LogP contribution in [-0.4, -0.2) is 21.9 Å². The van der Waals surface area contributed by atoms with E-state index in [2.05, 4.69) is 0 Å². The number of aldehydes is 1. The largest absolute Gasteiger partial charge is 0.478 e. The first-order valence-corrected chi connectivity index (χ1v) is 4.97. The van der Waals surface area contributed by atoms with E-state index in [9.17, 15) is 9.59 Å². The van der Waals surface area contributed by atoms with Crippen LogP contribution >= 0.6 is 0 Å². The summed E-state index contributed by atoms with van der Waals surface area (Å²) in [5.41, 5.74) is 1.97. The predicted molar refractivity (Wildman–Crippen MR) is 54.5 cm³/mol. The number of hydrogen-bond donors (Lipinski definition) is 1. The standard InChI is InChI=1S/C11H13NO3/c1-6-9(5-13)10(11(14)15)7(2)12(6)8-3-4-8/h5,8H,3-4H2,1-2H3,(H,14,15). The molecule has 1 fully saturated rings. The molecule has 1 saturated carbocycles. The zero-order valence-corrected chi connectivity index (χ0v) is 8.78. The molecule has 0 aliphatic heterocycles. The maximum atomic E-state index is 11.0. The zero-order chi connectivity index (χ0) is 11.2. The third kappa shape index (κ3) is 1.37. The number of nitrogens with zero attached hydrogens (tertiary/aromatic N) is 1. The Labute approximate surface area is 87.5 Å². The number of carboxylic acid groups (broad SMARTS) is 1. The monoisotopic (exact) mass is 207 g/mol. The third-order valence-electron chi connectivity index (χ3n) is 2.99. The summed E-state index contributed by atoms with van der Waals surface area (Å²) in [4.78, 5) is 21.9. The van der Waals surface area contributed by atoms with Crippen LogP contribution in [0.1, 0.15) is 51.0 Å². The molecule has 4 heteroatoms. The van der Waals surface area contributed by atoms with E-state index in [1.165, 1.54) is 0 Å². The molecule has 0 aromatic carbocycles. The number of hydrogen-bond acceptors (Lipinski definition) is 2. The SMILES string of the molecule is Cc1c(C=O)c(C(=O)O)c(C)n1C1CC1. The van der Waals surface area contributed by atoms with Crippen molar-refractivity contribution < 1.29 is 14.7 Å². The minimum Gasteiger partial charge on any atom is -0.478 e. The van der Waals surface area contributed by atoms with Gasteiger partial charge in [0.15, 0.2) is 6.29 Å². The first-order chi connectivity index (χ1) is 7.07. The molecule has 1 aliphatic carbocycles. The Morgan fingerprint density at radius 3 is 2.33 bits per heavy atom. The van der Waals surface area contributed by atoms with Crippen molar-refractivity contribution in [1.82, 2.24) is 4.57 Å². The highest BCUT2D eigenvalue weighted by atomic mass is 16.4. The van der Waals surface area contributed by atoms with Crippen molar-refractivity contribution in [3.05, 3.63) is 22.5 Å². The number of aromatic carboxylic acids is 1. The van der Waals surface area contributed by atoms with Crippen LogP contribution in [0.3, 0.4) is 0 Å². The van der Waals surface area contributed by atoms with Crippen molar-refractivity contribution >= 4 is 12.3 Å². The number of carbonyl (C=O) groups excluding carboxylic acids is 1. The van der Waals surface area contributed by atoms with E-state index in [-0.39, 0.29) is 5.56 Å². The van der Waals surface area contributed by atoms with Gasteiger partial charge in [0, 0.05) is 23.0 Å². The van der Waals surface area contributed by atoms with Crippen LogP contribution in [0.25, 0.3) is 0 Å². The Bertz CT molecular complexity index is 441. The number of carboxylic acids is 1. The number of rotatable bonds is 3. The Kier molecular flexibility index (Phi) is 2.14. The summed E-state index contributed by atoms with van der Waals surface area (Å²) >= 11 is 0. The maximum absolute atomic E-state index is 11.0. The summed E-state index contributed by atoms with van der Waals surface area (Å²) < 4.78 is 1.98. The second-order valence-electron chi connectivity index (χ2n) is 3.98. The van der Waals surface area contributed by atoms with E-state index in [1.54, 1.807) is 6.92 Å². The highest BCUT2D eigenvalue weighted by molar-refractivity contribution is 5.99. The molecule has 0 radical (unpaired) electrons. The molecule has 4 nitrogen and oxygen atoms in total. The second kappa shape index (κ2) is 3.22. The Hall–Kier alpha value is -1.58. The first kappa shape index (κ1) is 9.96. The molecular formula is C11H13NO3. The van der Waals surface area contributed by atoms with Gasteiger partial charge in [-0.15, -0.1) is 0 Å². The molecule has 1 N–H and O–H groups in total. The fourth-order valence-corrected chi connectivity index (χ4v) is 2.17. The maximum Gasteiger partial charge on any atom is 0.338 e. The van der Waals surface area contributed by atoms with Crippen molar-refractivity contribution in [2.24, 2.45) is 0 Å². The highest BCUT2D eigenvalue weighted by Gasteiger charge is 2.31.